The maximum absolute atomic E-state index is 12.0. The summed E-state index contributed by atoms with van der Waals surface area (Å²) >= 11 is 1.52. The number of thiazole rings is 1. The van der Waals surface area contributed by atoms with Crippen LogP contribution in [0, 0.1) is 0 Å². The van der Waals surface area contributed by atoms with Crippen LogP contribution in [0.3, 0.4) is 0 Å². The zero-order chi connectivity index (χ0) is 16.5. The minimum atomic E-state index is -2.99. The van der Waals surface area contributed by atoms with Crippen LogP contribution in [0.1, 0.15) is 50.9 Å². The molecular weight excluding hydrogens is 322 g/mol. The lowest BCUT2D eigenvalue weighted by atomic mass is 9.93. The van der Waals surface area contributed by atoms with Crippen molar-refractivity contribution in [2.24, 2.45) is 0 Å². The quantitative estimate of drug-likeness (QED) is 0.877. The third kappa shape index (κ3) is 4.42. The second kappa shape index (κ2) is 6.16. The van der Waals surface area contributed by atoms with Crippen molar-refractivity contribution in [1.29, 1.82) is 0 Å². The summed E-state index contributed by atoms with van der Waals surface area (Å²) in [5.74, 6) is 0.176. The number of rotatable bonds is 3. The summed E-state index contributed by atoms with van der Waals surface area (Å²) in [6.45, 7) is 8.15. The van der Waals surface area contributed by atoms with Crippen LogP contribution in [0.25, 0.3) is 0 Å². The largest absolute Gasteiger partial charge is 0.334 e. The van der Waals surface area contributed by atoms with Crippen LogP contribution in [0.15, 0.2) is 5.38 Å². The minimum absolute atomic E-state index is 0.0189. The number of sulfone groups is 1. The first-order valence-electron chi connectivity index (χ1n) is 7.30. The second-order valence-electron chi connectivity index (χ2n) is 6.76. The molecule has 2 amide bonds. The Bertz CT molecular complexity index is 647. The van der Waals surface area contributed by atoms with Gasteiger partial charge >= 0.3 is 6.03 Å². The molecule has 0 unspecified atom stereocenters. The molecule has 2 atom stereocenters. The highest BCUT2D eigenvalue weighted by atomic mass is 32.2. The zero-order valence-corrected chi connectivity index (χ0v) is 15.0. The highest BCUT2D eigenvalue weighted by molar-refractivity contribution is 7.91. The first kappa shape index (κ1) is 17.2. The van der Waals surface area contributed by atoms with Crippen LogP contribution in [0.4, 0.5) is 4.79 Å². The average Bonchev–Trinajstić information content (AvgIpc) is 2.95. The standard InChI is InChI=1S/C14H23N3O3S2/c1-9(12-17-11(7-21-12)14(2,3)4)15-13(18)16-10-5-6-22(19,20)8-10/h7,9-10H,5-6,8H2,1-4H3,(H2,15,16,18)/t9-,10-/m0/s1. The Morgan fingerprint density at radius 2 is 2.14 bits per heavy atom. The molecule has 22 heavy (non-hydrogen) atoms. The number of aromatic nitrogens is 1. The lowest BCUT2D eigenvalue weighted by molar-refractivity contribution is 0.235. The number of hydrogen-bond donors (Lipinski definition) is 2. The number of carbonyl (C=O) groups is 1. The summed E-state index contributed by atoms with van der Waals surface area (Å²) in [5, 5.41) is 8.39. The summed E-state index contributed by atoms with van der Waals surface area (Å²) in [7, 11) is -2.99. The van der Waals surface area contributed by atoms with Gasteiger partial charge in [0.2, 0.25) is 0 Å². The molecule has 0 bridgehead atoms. The number of urea groups is 1. The Kier molecular flexibility index (Phi) is 4.81. The Hall–Kier alpha value is -1.15. The van der Waals surface area contributed by atoms with Gasteiger partial charge in [-0.05, 0) is 13.3 Å². The first-order valence-corrected chi connectivity index (χ1v) is 10.0. The Morgan fingerprint density at radius 1 is 1.45 bits per heavy atom. The highest BCUT2D eigenvalue weighted by Crippen LogP contribution is 2.26. The van der Waals surface area contributed by atoms with Gasteiger partial charge in [-0.25, -0.2) is 18.2 Å². The van der Waals surface area contributed by atoms with Gasteiger partial charge in [0.05, 0.1) is 23.2 Å². The van der Waals surface area contributed by atoms with E-state index in [-0.39, 0.29) is 35.0 Å². The van der Waals surface area contributed by atoms with Crippen molar-refractivity contribution in [3.63, 3.8) is 0 Å². The molecule has 8 heteroatoms. The predicted octanol–water partition coefficient (Wildman–Crippen LogP) is 1.99. The van der Waals surface area contributed by atoms with Crippen molar-refractivity contribution in [2.45, 2.75) is 51.6 Å². The number of hydrogen-bond acceptors (Lipinski definition) is 5. The summed E-state index contributed by atoms with van der Waals surface area (Å²) in [6.07, 6.45) is 0.482. The van der Waals surface area contributed by atoms with Crippen molar-refractivity contribution in [3.05, 3.63) is 16.1 Å². The summed E-state index contributed by atoms with van der Waals surface area (Å²) < 4.78 is 22.8. The van der Waals surface area contributed by atoms with Gasteiger partial charge in [-0.2, -0.15) is 0 Å². The normalized spacial score (nSPS) is 22.3. The van der Waals surface area contributed by atoms with Gasteiger partial charge in [-0.1, -0.05) is 20.8 Å². The number of amides is 2. The van der Waals surface area contributed by atoms with E-state index in [9.17, 15) is 13.2 Å². The third-order valence-electron chi connectivity index (χ3n) is 3.58. The summed E-state index contributed by atoms with van der Waals surface area (Å²) in [6, 6.07) is -0.847. The Labute approximate surface area is 135 Å². The van der Waals surface area contributed by atoms with E-state index in [1.165, 1.54) is 11.3 Å². The molecule has 0 spiro atoms. The van der Waals surface area contributed by atoms with E-state index in [0.717, 1.165) is 10.7 Å². The van der Waals surface area contributed by atoms with Crippen molar-refractivity contribution in [3.8, 4) is 0 Å². The van der Waals surface area contributed by atoms with Crippen molar-refractivity contribution < 1.29 is 13.2 Å². The van der Waals surface area contributed by atoms with E-state index in [1.807, 2.05) is 12.3 Å². The average molecular weight is 345 g/mol. The molecule has 1 aromatic heterocycles. The second-order valence-corrected chi connectivity index (χ2v) is 9.88. The summed E-state index contributed by atoms with van der Waals surface area (Å²) in [5.41, 5.74) is 0.984. The smallest absolute Gasteiger partial charge is 0.315 e. The molecule has 2 heterocycles. The van der Waals surface area contributed by atoms with Gasteiger partial charge in [0.1, 0.15) is 5.01 Å². The van der Waals surface area contributed by atoms with E-state index < -0.39 is 9.84 Å². The molecule has 2 rings (SSSR count). The molecule has 0 aromatic carbocycles. The molecule has 0 saturated carbocycles. The minimum Gasteiger partial charge on any atom is -0.334 e. The number of nitrogens with one attached hydrogen (secondary N) is 2. The highest BCUT2D eigenvalue weighted by Gasteiger charge is 2.29. The zero-order valence-electron chi connectivity index (χ0n) is 13.3. The van der Waals surface area contributed by atoms with E-state index >= 15 is 0 Å². The van der Waals surface area contributed by atoms with Crippen molar-refractivity contribution in [1.82, 2.24) is 15.6 Å². The lowest BCUT2D eigenvalue weighted by Crippen LogP contribution is -2.43. The number of nitrogens with zero attached hydrogens (tertiary/aromatic N) is 1. The van der Waals surface area contributed by atoms with Crippen molar-refractivity contribution >= 4 is 27.2 Å². The van der Waals surface area contributed by atoms with Crippen LogP contribution in [-0.4, -0.2) is 37.0 Å². The molecule has 1 saturated heterocycles. The molecular formula is C14H23N3O3S2. The van der Waals surface area contributed by atoms with Gasteiger partial charge in [0, 0.05) is 16.8 Å². The molecule has 2 N–H and O–H groups in total. The molecule has 6 nitrogen and oxygen atoms in total. The van der Waals surface area contributed by atoms with Gasteiger partial charge in [-0.15, -0.1) is 11.3 Å². The lowest BCUT2D eigenvalue weighted by Gasteiger charge is -2.16. The fourth-order valence-electron chi connectivity index (χ4n) is 2.23. The fraction of sp³-hybridized carbons (Fsp3) is 0.714. The Morgan fingerprint density at radius 3 is 2.64 bits per heavy atom. The molecule has 1 aliphatic heterocycles. The molecule has 0 radical (unpaired) electrons. The monoisotopic (exact) mass is 345 g/mol. The van der Waals surface area contributed by atoms with Crippen LogP contribution in [0.5, 0.6) is 0 Å². The first-order chi connectivity index (χ1) is 10.1. The van der Waals surface area contributed by atoms with Crippen LogP contribution < -0.4 is 10.6 Å². The number of carbonyl (C=O) groups excluding carboxylic acids is 1. The van der Waals surface area contributed by atoms with Gasteiger partial charge in [0.15, 0.2) is 9.84 Å². The molecule has 124 valence electrons. The van der Waals surface area contributed by atoms with Gasteiger partial charge < -0.3 is 10.6 Å². The van der Waals surface area contributed by atoms with E-state index in [4.69, 9.17) is 0 Å². The third-order valence-corrected chi connectivity index (χ3v) is 6.37. The van der Waals surface area contributed by atoms with E-state index in [2.05, 4.69) is 36.4 Å². The predicted molar refractivity (Wildman–Crippen MR) is 88.0 cm³/mol. The van der Waals surface area contributed by atoms with E-state index in [1.54, 1.807) is 0 Å². The molecule has 0 aliphatic carbocycles. The van der Waals surface area contributed by atoms with Crippen molar-refractivity contribution in [2.75, 3.05) is 11.5 Å². The van der Waals surface area contributed by atoms with Crippen LogP contribution in [0.2, 0.25) is 0 Å². The Balaban J connectivity index is 1.90. The van der Waals surface area contributed by atoms with E-state index in [0.29, 0.717) is 6.42 Å². The van der Waals surface area contributed by atoms with Gasteiger partial charge in [-0.3, -0.25) is 0 Å². The molecule has 1 aliphatic rings. The molecule has 1 fully saturated rings. The van der Waals surface area contributed by atoms with Crippen LogP contribution in [-0.2, 0) is 15.3 Å². The maximum atomic E-state index is 12.0. The fourth-order valence-corrected chi connectivity index (χ4v) is 4.95. The SMILES string of the molecule is C[C@H](NC(=O)N[C@H]1CCS(=O)(=O)C1)c1nc(C(C)(C)C)cs1. The summed E-state index contributed by atoms with van der Waals surface area (Å²) in [4.78, 5) is 16.5. The van der Waals surface area contributed by atoms with Crippen LogP contribution >= 0.6 is 11.3 Å². The topological polar surface area (TPSA) is 88.2 Å². The van der Waals surface area contributed by atoms with Gasteiger partial charge in [0.25, 0.3) is 0 Å². The maximum Gasteiger partial charge on any atom is 0.315 e. The molecule has 1 aromatic rings.